The monoisotopic (exact) mass is 144 g/mol. The van der Waals surface area contributed by atoms with Gasteiger partial charge in [-0.3, -0.25) is 0 Å². The van der Waals surface area contributed by atoms with E-state index in [0.29, 0.717) is 12.3 Å². The van der Waals surface area contributed by atoms with Gasteiger partial charge in [0.1, 0.15) is 0 Å². The maximum absolute atomic E-state index is 12.8. The van der Waals surface area contributed by atoms with Crippen LogP contribution in [0.1, 0.15) is 40.5 Å². The minimum Gasteiger partial charge on any atom is -0.212 e. The van der Waals surface area contributed by atoms with Gasteiger partial charge in [-0.15, -0.1) is 0 Å². The van der Waals surface area contributed by atoms with Crippen LogP contribution < -0.4 is 0 Å². The molecule has 0 bridgehead atoms. The van der Waals surface area contributed by atoms with Crippen molar-refractivity contribution in [3.8, 4) is 0 Å². The molecule has 0 fully saturated rings. The lowest BCUT2D eigenvalue weighted by molar-refractivity contribution is 0.472. The third-order valence-electron chi connectivity index (χ3n) is 1.77. The number of halogens is 1. The number of hydrogen-bond acceptors (Lipinski definition) is 0. The Bertz CT molecular complexity index is 121. The van der Waals surface area contributed by atoms with Crippen LogP contribution in [-0.4, -0.2) is 0 Å². The largest absolute Gasteiger partial charge is 0.212 e. The van der Waals surface area contributed by atoms with Crippen molar-refractivity contribution in [3.63, 3.8) is 0 Å². The highest BCUT2D eigenvalue weighted by atomic mass is 19.1. The molecule has 0 radical (unpaired) electrons. The quantitative estimate of drug-likeness (QED) is 0.566. The van der Waals surface area contributed by atoms with Gasteiger partial charge in [-0.2, -0.15) is 0 Å². The normalized spacial score (nSPS) is 12.9. The lowest BCUT2D eigenvalue weighted by Crippen LogP contribution is -1.92. The van der Waals surface area contributed by atoms with Gasteiger partial charge in [0.15, 0.2) is 0 Å². The van der Waals surface area contributed by atoms with Gasteiger partial charge in [0.25, 0.3) is 0 Å². The molecule has 0 aromatic rings. The molecule has 0 aromatic heterocycles. The van der Waals surface area contributed by atoms with Crippen molar-refractivity contribution in [2.24, 2.45) is 5.92 Å². The molecule has 10 heavy (non-hydrogen) atoms. The Morgan fingerprint density at radius 1 is 1.40 bits per heavy atom. The highest BCUT2D eigenvalue weighted by Crippen LogP contribution is 2.17. The number of allylic oxidation sites excluding steroid dienone is 2. The summed E-state index contributed by atoms with van der Waals surface area (Å²) in [6.45, 7) is 7.79. The van der Waals surface area contributed by atoms with Crippen molar-refractivity contribution >= 4 is 0 Å². The summed E-state index contributed by atoms with van der Waals surface area (Å²) in [4.78, 5) is 0. The lowest BCUT2D eigenvalue weighted by Gasteiger charge is -2.06. The van der Waals surface area contributed by atoms with Gasteiger partial charge in [-0.05, 0) is 25.3 Å². The summed E-state index contributed by atoms with van der Waals surface area (Å²) in [5, 5.41) is 0. The van der Waals surface area contributed by atoms with Crippen LogP contribution in [0.15, 0.2) is 11.4 Å². The van der Waals surface area contributed by atoms with Gasteiger partial charge in [0.2, 0.25) is 0 Å². The molecular formula is C9H17F. The molecule has 60 valence electrons. The Morgan fingerprint density at radius 3 is 2.20 bits per heavy atom. The average Bonchev–Trinajstić information content (AvgIpc) is 1.87. The molecule has 0 amide bonds. The number of hydrogen-bond donors (Lipinski definition) is 0. The third kappa shape index (κ3) is 3.65. The van der Waals surface area contributed by atoms with E-state index in [1.165, 1.54) is 0 Å². The maximum atomic E-state index is 12.8. The third-order valence-corrected chi connectivity index (χ3v) is 1.77. The van der Waals surface area contributed by atoms with Gasteiger partial charge >= 0.3 is 0 Å². The summed E-state index contributed by atoms with van der Waals surface area (Å²) in [6, 6.07) is 0. The van der Waals surface area contributed by atoms with Crippen LogP contribution in [0.3, 0.4) is 0 Å². The molecule has 1 unspecified atom stereocenters. The predicted octanol–water partition coefficient (Wildman–Crippen LogP) is 3.69. The van der Waals surface area contributed by atoms with Crippen LogP contribution in [0, 0.1) is 5.92 Å². The first-order valence-corrected chi connectivity index (χ1v) is 3.89. The van der Waals surface area contributed by atoms with E-state index in [-0.39, 0.29) is 5.83 Å². The van der Waals surface area contributed by atoms with E-state index in [1.807, 2.05) is 13.8 Å². The molecule has 0 rings (SSSR count). The minimum atomic E-state index is 0.0642. The van der Waals surface area contributed by atoms with Crippen LogP contribution in [0.2, 0.25) is 0 Å². The van der Waals surface area contributed by atoms with Gasteiger partial charge in [0, 0.05) is 6.42 Å². The van der Waals surface area contributed by atoms with E-state index in [2.05, 4.69) is 13.8 Å². The summed E-state index contributed by atoms with van der Waals surface area (Å²) >= 11 is 0. The Kier molecular flexibility index (Phi) is 4.33. The summed E-state index contributed by atoms with van der Waals surface area (Å²) in [5.41, 5.74) is 0.820. The van der Waals surface area contributed by atoms with E-state index in [0.717, 1.165) is 12.0 Å². The Hall–Kier alpha value is -0.330. The number of rotatable bonds is 3. The summed E-state index contributed by atoms with van der Waals surface area (Å²) in [5.74, 6) is 0.546. The molecule has 0 aromatic carbocycles. The molecule has 0 aliphatic carbocycles. The molecule has 0 spiro atoms. The summed E-state index contributed by atoms with van der Waals surface area (Å²) < 4.78 is 12.8. The van der Waals surface area contributed by atoms with Crippen molar-refractivity contribution in [2.45, 2.75) is 40.5 Å². The first-order valence-electron chi connectivity index (χ1n) is 3.89. The SMILES string of the molecule is CCC(C)CC(F)=C(C)C. The average molecular weight is 144 g/mol. The standard InChI is InChI=1S/C9H17F/c1-5-8(4)6-9(10)7(2)3/h8H,5-6H2,1-4H3. The maximum Gasteiger partial charge on any atom is 0.0988 e. The molecule has 1 atom stereocenters. The first kappa shape index (κ1) is 9.67. The summed E-state index contributed by atoms with van der Waals surface area (Å²) in [7, 11) is 0. The van der Waals surface area contributed by atoms with E-state index in [4.69, 9.17) is 0 Å². The lowest BCUT2D eigenvalue weighted by atomic mass is 10.0. The van der Waals surface area contributed by atoms with Gasteiger partial charge < -0.3 is 0 Å². The molecule has 0 N–H and O–H groups in total. The fraction of sp³-hybridized carbons (Fsp3) is 0.778. The van der Waals surface area contributed by atoms with Crippen molar-refractivity contribution < 1.29 is 4.39 Å². The zero-order chi connectivity index (χ0) is 8.15. The molecule has 0 saturated heterocycles. The van der Waals surface area contributed by atoms with Crippen LogP contribution in [0.5, 0.6) is 0 Å². The smallest absolute Gasteiger partial charge is 0.0988 e. The Labute approximate surface area is 63.1 Å². The van der Waals surface area contributed by atoms with Crippen molar-refractivity contribution in [3.05, 3.63) is 11.4 Å². The van der Waals surface area contributed by atoms with Gasteiger partial charge in [-0.1, -0.05) is 20.3 Å². The topological polar surface area (TPSA) is 0 Å². The Morgan fingerprint density at radius 2 is 1.90 bits per heavy atom. The second-order valence-corrected chi connectivity index (χ2v) is 3.12. The van der Waals surface area contributed by atoms with Crippen LogP contribution in [-0.2, 0) is 0 Å². The predicted molar refractivity (Wildman–Crippen MR) is 43.6 cm³/mol. The molecular weight excluding hydrogens is 127 g/mol. The zero-order valence-corrected chi connectivity index (χ0v) is 7.37. The minimum absolute atomic E-state index is 0.0642. The van der Waals surface area contributed by atoms with E-state index in [9.17, 15) is 4.39 Å². The van der Waals surface area contributed by atoms with Crippen LogP contribution in [0.25, 0.3) is 0 Å². The highest BCUT2D eigenvalue weighted by molar-refractivity contribution is 5.01. The molecule has 0 nitrogen and oxygen atoms in total. The van der Waals surface area contributed by atoms with Crippen molar-refractivity contribution in [2.75, 3.05) is 0 Å². The van der Waals surface area contributed by atoms with Gasteiger partial charge in [0.05, 0.1) is 5.83 Å². The van der Waals surface area contributed by atoms with Crippen LogP contribution in [0.4, 0.5) is 4.39 Å². The Balaban J connectivity index is 3.79. The second kappa shape index (κ2) is 4.48. The zero-order valence-electron chi connectivity index (χ0n) is 7.37. The van der Waals surface area contributed by atoms with E-state index >= 15 is 0 Å². The molecule has 1 heteroatoms. The molecule has 0 saturated carbocycles. The van der Waals surface area contributed by atoms with E-state index in [1.54, 1.807) is 0 Å². The highest BCUT2D eigenvalue weighted by Gasteiger charge is 2.03. The van der Waals surface area contributed by atoms with Crippen LogP contribution >= 0.6 is 0 Å². The van der Waals surface area contributed by atoms with E-state index < -0.39 is 0 Å². The first-order chi connectivity index (χ1) is 4.57. The fourth-order valence-corrected chi connectivity index (χ4v) is 0.654. The molecule has 0 heterocycles. The second-order valence-electron chi connectivity index (χ2n) is 3.12. The van der Waals surface area contributed by atoms with Gasteiger partial charge in [-0.25, -0.2) is 4.39 Å². The van der Waals surface area contributed by atoms with Crippen molar-refractivity contribution in [1.29, 1.82) is 0 Å². The molecule has 0 aliphatic heterocycles. The molecule has 0 aliphatic rings. The van der Waals surface area contributed by atoms with Crippen molar-refractivity contribution in [1.82, 2.24) is 0 Å². The fourth-order valence-electron chi connectivity index (χ4n) is 0.654. The summed E-state index contributed by atoms with van der Waals surface area (Å²) in [6.07, 6.45) is 1.67.